The lowest BCUT2D eigenvalue weighted by molar-refractivity contribution is 0.241. The summed E-state index contributed by atoms with van der Waals surface area (Å²) in [4.78, 5) is 7.47. The van der Waals surface area contributed by atoms with Crippen LogP contribution in [0.25, 0.3) is 22.6 Å². The predicted molar refractivity (Wildman–Crippen MR) is 157 cm³/mol. The first-order valence-electron chi connectivity index (χ1n) is 13.7. The van der Waals surface area contributed by atoms with Crippen LogP contribution in [0.5, 0.6) is 11.5 Å². The van der Waals surface area contributed by atoms with Crippen LogP contribution in [0, 0.1) is 5.82 Å². The molecule has 0 aliphatic carbocycles. The molecule has 204 valence electrons. The van der Waals surface area contributed by atoms with Gasteiger partial charge in [0, 0.05) is 37.3 Å². The van der Waals surface area contributed by atoms with E-state index in [0.717, 1.165) is 58.9 Å². The van der Waals surface area contributed by atoms with Crippen molar-refractivity contribution in [3.8, 4) is 34.1 Å². The van der Waals surface area contributed by atoms with Crippen molar-refractivity contribution in [2.75, 3.05) is 0 Å². The summed E-state index contributed by atoms with van der Waals surface area (Å²) >= 11 is 0. The van der Waals surface area contributed by atoms with Crippen molar-refractivity contribution < 1.29 is 14.6 Å². The Morgan fingerprint density at radius 2 is 1.38 bits per heavy atom. The molecule has 0 saturated heterocycles. The second kappa shape index (κ2) is 12.6. The zero-order valence-corrected chi connectivity index (χ0v) is 22.7. The number of halogens is 1. The number of rotatable bonds is 11. The van der Waals surface area contributed by atoms with Gasteiger partial charge >= 0.3 is 0 Å². The van der Waals surface area contributed by atoms with E-state index in [1.807, 2.05) is 48.5 Å². The molecule has 2 N–H and O–H groups in total. The van der Waals surface area contributed by atoms with E-state index < -0.39 is 5.82 Å². The van der Waals surface area contributed by atoms with Gasteiger partial charge in [-0.3, -0.25) is 4.90 Å². The van der Waals surface area contributed by atoms with E-state index >= 15 is 0 Å². The molecule has 40 heavy (non-hydrogen) atoms. The monoisotopic (exact) mass is 535 g/mol. The van der Waals surface area contributed by atoms with Crippen molar-refractivity contribution in [1.29, 1.82) is 0 Å². The van der Waals surface area contributed by atoms with E-state index in [-0.39, 0.29) is 11.5 Å². The number of benzene rings is 4. The van der Waals surface area contributed by atoms with E-state index in [4.69, 9.17) is 4.98 Å². The fourth-order valence-corrected chi connectivity index (χ4v) is 4.98. The van der Waals surface area contributed by atoms with Gasteiger partial charge in [-0.2, -0.15) is 0 Å². The van der Waals surface area contributed by atoms with Gasteiger partial charge in [0.2, 0.25) is 0 Å². The maximum atomic E-state index is 14.3. The largest absolute Gasteiger partial charge is 0.508 e. The number of aromatic nitrogens is 2. The minimum absolute atomic E-state index is 0.215. The minimum atomic E-state index is -0.633. The normalized spacial score (nSPS) is 11.3. The van der Waals surface area contributed by atoms with Gasteiger partial charge in [-0.15, -0.1) is 0 Å². The highest BCUT2D eigenvalue weighted by molar-refractivity contribution is 5.68. The first-order valence-corrected chi connectivity index (χ1v) is 13.7. The van der Waals surface area contributed by atoms with Crippen molar-refractivity contribution >= 4 is 0 Å². The Morgan fingerprint density at radius 1 is 0.750 bits per heavy atom. The molecule has 4 aromatic carbocycles. The standard InChI is InChI=1S/C34H34FN3O2/c1-2-3-20-38-31(33(27-10-6-4-7-11-27)36-34(38)28-12-8-5-9-13-28)24-37(22-25-14-17-29(39)18-15-25)23-26-16-19-32(40)30(35)21-26/h4-19,21,39-40H,2-3,20,22-24H2,1H3. The third kappa shape index (κ3) is 6.41. The summed E-state index contributed by atoms with van der Waals surface area (Å²) in [5, 5.41) is 19.6. The number of aromatic hydroxyl groups is 2. The maximum Gasteiger partial charge on any atom is 0.165 e. The lowest BCUT2D eigenvalue weighted by atomic mass is 10.1. The number of phenols is 2. The van der Waals surface area contributed by atoms with E-state index in [0.29, 0.717) is 19.6 Å². The second-order valence-electron chi connectivity index (χ2n) is 10.1. The number of unbranched alkanes of at least 4 members (excludes halogenated alkanes) is 1. The highest BCUT2D eigenvalue weighted by Crippen LogP contribution is 2.32. The van der Waals surface area contributed by atoms with Crippen LogP contribution in [0.2, 0.25) is 0 Å². The molecule has 0 saturated carbocycles. The summed E-state index contributed by atoms with van der Waals surface area (Å²) in [6.45, 7) is 4.63. The summed E-state index contributed by atoms with van der Waals surface area (Å²) in [5.74, 6) is 0.160. The SMILES string of the molecule is CCCCn1c(-c2ccccc2)nc(-c2ccccc2)c1CN(Cc1ccc(O)cc1)Cc1ccc(O)c(F)c1. The molecular formula is C34H34FN3O2. The topological polar surface area (TPSA) is 61.5 Å². The van der Waals surface area contributed by atoms with Crippen molar-refractivity contribution in [2.24, 2.45) is 0 Å². The zero-order valence-electron chi connectivity index (χ0n) is 22.7. The number of hydrogen-bond donors (Lipinski definition) is 2. The number of imidazole rings is 1. The Kier molecular flexibility index (Phi) is 8.57. The van der Waals surface area contributed by atoms with Crippen LogP contribution >= 0.6 is 0 Å². The molecule has 5 aromatic rings. The molecule has 0 atom stereocenters. The van der Waals surface area contributed by atoms with Gasteiger partial charge in [-0.05, 0) is 41.8 Å². The number of phenolic OH excluding ortho intramolecular Hbond substituents is 2. The van der Waals surface area contributed by atoms with E-state index in [9.17, 15) is 14.6 Å². The van der Waals surface area contributed by atoms with Crippen LogP contribution in [-0.4, -0.2) is 24.7 Å². The molecule has 0 bridgehead atoms. The van der Waals surface area contributed by atoms with Gasteiger partial charge in [0.05, 0.1) is 11.4 Å². The third-order valence-corrected chi connectivity index (χ3v) is 7.02. The van der Waals surface area contributed by atoms with E-state index in [2.05, 4.69) is 40.7 Å². The molecule has 0 fully saturated rings. The highest BCUT2D eigenvalue weighted by atomic mass is 19.1. The molecule has 5 rings (SSSR count). The minimum Gasteiger partial charge on any atom is -0.508 e. The van der Waals surface area contributed by atoms with Gasteiger partial charge < -0.3 is 14.8 Å². The third-order valence-electron chi connectivity index (χ3n) is 7.02. The molecule has 1 heterocycles. The van der Waals surface area contributed by atoms with Gasteiger partial charge in [-0.25, -0.2) is 9.37 Å². The Hall–Kier alpha value is -4.42. The van der Waals surface area contributed by atoms with Crippen LogP contribution < -0.4 is 0 Å². The number of hydrogen-bond acceptors (Lipinski definition) is 4. The molecule has 5 nitrogen and oxygen atoms in total. The summed E-state index contributed by atoms with van der Waals surface area (Å²) in [5.41, 5.74) is 5.93. The summed E-state index contributed by atoms with van der Waals surface area (Å²) in [7, 11) is 0. The van der Waals surface area contributed by atoms with Gasteiger partial charge in [0.1, 0.15) is 11.6 Å². The average molecular weight is 536 g/mol. The van der Waals surface area contributed by atoms with Gasteiger partial charge in [-0.1, -0.05) is 92.2 Å². The fourth-order valence-electron chi connectivity index (χ4n) is 4.98. The highest BCUT2D eigenvalue weighted by Gasteiger charge is 2.22. The molecule has 0 radical (unpaired) electrons. The molecule has 0 aliphatic rings. The Morgan fingerprint density at radius 3 is 2.02 bits per heavy atom. The maximum absolute atomic E-state index is 14.3. The fraction of sp³-hybridized carbons (Fsp3) is 0.206. The molecule has 0 amide bonds. The molecule has 0 aliphatic heterocycles. The van der Waals surface area contributed by atoms with Crippen molar-refractivity contribution in [3.05, 3.63) is 126 Å². The average Bonchev–Trinajstić information content (AvgIpc) is 3.33. The molecule has 6 heteroatoms. The second-order valence-corrected chi connectivity index (χ2v) is 10.1. The molecule has 0 spiro atoms. The van der Waals surface area contributed by atoms with Crippen LogP contribution in [0.15, 0.2) is 103 Å². The summed E-state index contributed by atoms with van der Waals surface area (Å²) in [6, 6.07) is 32.2. The van der Waals surface area contributed by atoms with Crippen molar-refractivity contribution in [3.63, 3.8) is 0 Å². The summed E-state index contributed by atoms with van der Waals surface area (Å²) in [6.07, 6.45) is 2.06. The first kappa shape index (κ1) is 27.2. The van der Waals surface area contributed by atoms with Gasteiger partial charge in [0.25, 0.3) is 0 Å². The Labute approximate surface area is 234 Å². The van der Waals surface area contributed by atoms with Crippen LogP contribution in [-0.2, 0) is 26.2 Å². The van der Waals surface area contributed by atoms with Crippen LogP contribution in [0.4, 0.5) is 4.39 Å². The molecule has 0 unspecified atom stereocenters. The van der Waals surface area contributed by atoms with Crippen molar-refractivity contribution in [1.82, 2.24) is 14.5 Å². The lowest BCUT2D eigenvalue weighted by Crippen LogP contribution is -2.24. The van der Waals surface area contributed by atoms with Crippen LogP contribution in [0.1, 0.15) is 36.6 Å². The molecule has 1 aromatic heterocycles. The zero-order chi connectivity index (χ0) is 27.9. The van der Waals surface area contributed by atoms with E-state index in [1.54, 1.807) is 18.2 Å². The first-order chi connectivity index (χ1) is 19.5. The molecular weight excluding hydrogens is 501 g/mol. The predicted octanol–water partition coefficient (Wildman–Crippen LogP) is 7.77. The quantitative estimate of drug-likeness (QED) is 0.181. The lowest BCUT2D eigenvalue weighted by Gasteiger charge is -2.25. The van der Waals surface area contributed by atoms with Crippen molar-refractivity contribution in [2.45, 2.75) is 45.9 Å². The Balaban J connectivity index is 1.61. The van der Waals surface area contributed by atoms with E-state index in [1.165, 1.54) is 12.1 Å². The van der Waals surface area contributed by atoms with Crippen LogP contribution in [0.3, 0.4) is 0 Å². The number of nitrogens with zero attached hydrogens (tertiary/aromatic N) is 3. The smallest absolute Gasteiger partial charge is 0.165 e. The Bertz CT molecular complexity index is 1530. The van der Waals surface area contributed by atoms with Gasteiger partial charge in [0.15, 0.2) is 11.6 Å². The summed E-state index contributed by atoms with van der Waals surface area (Å²) < 4.78 is 16.6.